The molecule has 4 rings (SSSR count). The molecule has 0 unspecified atom stereocenters. The van der Waals surface area contributed by atoms with Crippen molar-refractivity contribution in [3.63, 3.8) is 0 Å². The molecule has 2 aromatic carbocycles. The van der Waals surface area contributed by atoms with Crippen LogP contribution in [0.3, 0.4) is 0 Å². The Morgan fingerprint density at radius 3 is 2.58 bits per heavy atom. The van der Waals surface area contributed by atoms with Gasteiger partial charge in [-0.15, -0.1) is 0 Å². The summed E-state index contributed by atoms with van der Waals surface area (Å²) >= 11 is 6.66. The number of fused-ring (bicyclic) bond motifs is 1. The molecule has 0 aliphatic carbocycles. The number of aromatic nitrogens is 1. The van der Waals surface area contributed by atoms with Gasteiger partial charge in [0.15, 0.2) is 0 Å². The van der Waals surface area contributed by atoms with E-state index in [0.29, 0.717) is 18.2 Å². The minimum absolute atomic E-state index is 0.186. The predicted molar refractivity (Wildman–Crippen MR) is 96.0 cm³/mol. The summed E-state index contributed by atoms with van der Waals surface area (Å²) in [7, 11) is 0. The summed E-state index contributed by atoms with van der Waals surface area (Å²) in [6.07, 6.45) is 1.66. The van der Waals surface area contributed by atoms with Crippen molar-refractivity contribution in [2.45, 2.75) is 0 Å². The SMILES string of the molecule is O=C1NCCN1/N=C\c1c(Cl)n(-c2ccccc2)c2ccccc12. The summed E-state index contributed by atoms with van der Waals surface area (Å²) in [5.41, 5.74) is 2.79. The topological polar surface area (TPSA) is 49.6 Å². The predicted octanol–water partition coefficient (Wildman–Crippen LogP) is 3.64. The minimum atomic E-state index is -0.186. The molecule has 24 heavy (non-hydrogen) atoms. The molecule has 1 aliphatic rings. The summed E-state index contributed by atoms with van der Waals surface area (Å²) in [4.78, 5) is 11.6. The Bertz CT molecular complexity index is 933. The second-order valence-corrected chi connectivity index (χ2v) is 5.85. The summed E-state index contributed by atoms with van der Waals surface area (Å²) in [6.45, 7) is 1.17. The van der Waals surface area contributed by atoms with Gasteiger partial charge in [0.05, 0.1) is 18.3 Å². The lowest BCUT2D eigenvalue weighted by Crippen LogP contribution is -2.23. The van der Waals surface area contributed by atoms with Crippen molar-refractivity contribution in [1.82, 2.24) is 14.9 Å². The average Bonchev–Trinajstić information content (AvgIpc) is 3.14. The number of rotatable bonds is 3. The number of halogens is 1. The maximum absolute atomic E-state index is 11.6. The Hall–Kier alpha value is -2.79. The van der Waals surface area contributed by atoms with Gasteiger partial charge in [0.2, 0.25) is 0 Å². The number of hydrogen-bond acceptors (Lipinski definition) is 2. The number of amides is 2. The standard InChI is InChI=1S/C18H15ClN4O/c19-17-15(12-21-22-11-10-20-18(22)24)14-8-4-5-9-16(14)23(17)13-6-2-1-3-7-13/h1-9,12H,10-11H2,(H,20,24)/b21-12-. The summed E-state index contributed by atoms with van der Waals surface area (Å²) < 4.78 is 1.99. The van der Waals surface area contributed by atoms with Gasteiger partial charge in [-0.25, -0.2) is 9.80 Å². The number of carbonyl (C=O) groups is 1. The van der Waals surface area contributed by atoms with Gasteiger partial charge in [0.25, 0.3) is 0 Å². The largest absolute Gasteiger partial charge is 0.337 e. The highest BCUT2D eigenvalue weighted by molar-refractivity contribution is 6.34. The number of hydrazone groups is 1. The third kappa shape index (κ3) is 2.43. The van der Waals surface area contributed by atoms with Crippen molar-refractivity contribution in [2.24, 2.45) is 5.10 Å². The van der Waals surface area contributed by atoms with Gasteiger partial charge in [-0.05, 0) is 18.2 Å². The second kappa shape index (κ2) is 6.02. The summed E-state index contributed by atoms with van der Waals surface area (Å²) in [6, 6.07) is 17.7. The molecule has 6 heteroatoms. The fourth-order valence-corrected chi connectivity index (χ4v) is 3.22. The fourth-order valence-electron chi connectivity index (χ4n) is 2.89. The van der Waals surface area contributed by atoms with Crippen LogP contribution in [0.25, 0.3) is 16.6 Å². The van der Waals surface area contributed by atoms with E-state index < -0.39 is 0 Å². The lowest BCUT2D eigenvalue weighted by atomic mass is 10.2. The molecular formula is C18H15ClN4O. The average molecular weight is 339 g/mol. The van der Waals surface area contributed by atoms with Gasteiger partial charge in [-0.1, -0.05) is 48.0 Å². The van der Waals surface area contributed by atoms with Gasteiger partial charge < -0.3 is 5.32 Å². The van der Waals surface area contributed by atoms with Crippen LogP contribution in [-0.4, -0.2) is 34.9 Å². The van der Waals surface area contributed by atoms with Crippen LogP contribution >= 0.6 is 11.6 Å². The van der Waals surface area contributed by atoms with E-state index in [1.165, 1.54) is 5.01 Å². The molecule has 1 fully saturated rings. The van der Waals surface area contributed by atoms with E-state index in [0.717, 1.165) is 22.2 Å². The van der Waals surface area contributed by atoms with Crippen molar-refractivity contribution < 1.29 is 4.79 Å². The van der Waals surface area contributed by atoms with Crippen molar-refractivity contribution in [3.8, 4) is 5.69 Å². The molecule has 2 amide bonds. The molecule has 1 saturated heterocycles. The van der Waals surface area contributed by atoms with Crippen molar-refractivity contribution >= 4 is 34.7 Å². The smallest absolute Gasteiger partial charge is 0.335 e. The Balaban J connectivity index is 1.86. The zero-order valence-corrected chi connectivity index (χ0v) is 13.6. The Kier molecular flexibility index (Phi) is 3.70. The van der Waals surface area contributed by atoms with E-state index in [-0.39, 0.29) is 6.03 Å². The summed E-state index contributed by atoms with van der Waals surface area (Å²) in [5.74, 6) is 0. The van der Waals surface area contributed by atoms with E-state index in [4.69, 9.17) is 11.6 Å². The van der Waals surface area contributed by atoms with Crippen LogP contribution in [0.5, 0.6) is 0 Å². The molecule has 0 saturated carbocycles. The Morgan fingerprint density at radius 1 is 1.08 bits per heavy atom. The third-order valence-electron chi connectivity index (χ3n) is 4.03. The molecule has 0 atom stereocenters. The quantitative estimate of drug-likeness (QED) is 0.728. The van der Waals surface area contributed by atoms with E-state index in [1.54, 1.807) is 6.21 Å². The van der Waals surface area contributed by atoms with Gasteiger partial charge in [-0.3, -0.25) is 4.57 Å². The number of nitrogens with one attached hydrogen (secondary N) is 1. The molecule has 5 nitrogen and oxygen atoms in total. The van der Waals surface area contributed by atoms with Crippen LogP contribution in [0.1, 0.15) is 5.56 Å². The van der Waals surface area contributed by atoms with Crippen molar-refractivity contribution in [2.75, 3.05) is 13.1 Å². The van der Waals surface area contributed by atoms with Crippen molar-refractivity contribution in [1.29, 1.82) is 0 Å². The number of urea groups is 1. The molecule has 3 aromatic rings. The molecular weight excluding hydrogens is 324 g/mol. The van der Waals surface area contributed by atoms with Gasteiger partial charge in [0.1, 0.15) is 5.15 Å². The van der Waals surface area contributed by atoms with Crippen molar-refractivity contribution in [3.05, 3.63) is 65.3 Å². The van der Waals surface area contributed by atoms with E-state index in [1.807, 2.05) is 59.2 Å². The summed E-state index contributed by atoms with van der Waals surface area (Å²) in [5, 5.41) is 9.99. The molecule has 1 aromatic heterocycles. The first-order valence-electron chi connectivity index (χ1n) is 7.69. The van der Waals surface area contributed by atoms with Gasteiger partial charge >= 0.3 is 6.03 Å². The Labute approximate surface area is 144 Å². The second-order valence-electron chi connectivity index (χ2n) is 5.49. The maximum Gasteiger partial charge on any atom is 0.337 e. The number of carbonyl (C=O) groups excluding carboxylic acids is 1. The first-order valence-corrected chi connectivity index (χ1v) is 8.07. The molecule has 1 N–H and O–H groups in total. The molecule has 2 heterocycles. The molecule has 0 radical (unpaired) electrons. The molecule has 120 valence electrons. The normalized spacial score (nSPS) is 14.7. The van der Waals surface area contributed by atoms with Gasteiger partial charge in [0, 0.05) is 23.2 Å². The highest BCUT2D eigenvalue weighted by atomic mass is 35.5. The zero-order valence-electron chi connectivity index (χ0n) is 12.8. The number of para-hydroxylation sites is 2. The molecule has 0 spiro atoms. The Morgan fingerprint density at radius 2 is 1.83 bits per heavy atom. The number of benzene rings is 2. The lowest BCUT2D eigenvalue weighted by molar-refractivity contribution is 0.219. The minimum Gasteiger partial charge on any atom is -0.335 e. The lowest BCUT2D eigenvalue weighted by Gasteiger charge is -2.07. The van der Waals surface area contributed by atoms with Crippen LogP contribution in [0, 0.1) is 0 Å². The molecule has 1 aliphatic heterocycles. The van der Waals surface area contributed by atoms with E-state index in [2.05, 4.69) is 10.4 Å². The van der Waals surface area contributed by atoms with Crippen LogP contribution in [0.2, 0.25) is 5.15 Å². The number of hydrogen-bond donors (Lipinski definition) is 1. The van der Waals surface area contributed by atoms with Crippen LogP contribution in [0.4, 0.5) is 4.79 Å². The highest BCUT2D eigenvalue weighted by Gasteiger charge is 2.19. The fraction of sp³-hybridized carbons (Fsp3) is 0.111. The van der Waals surface area contributed by atoms with Crippen LogP contribution in [0.15, 0.2) is 59.7 Å². The van der Waals surface area contributed by atoms with Crippen LogP contribution < -0.4 is 5.32 Å². The maximum atomic E-state index is 11.6. The first kappa shape index (κ1) is 14.8. The first-order chi connectivity index (χ1) is 11.8. The highest BCUT2D eigenvalue weighted by Crippen LogP contribution is 2.32. The third-order valence-corrected chi connectivity index (χ3v) is 4.40. The number of nitrogens with zero attached hydrogens (tertiary/aromatic N) is 3. The monoisotopic (exact) mass is 338 g/mol. The van der Waals surface area contributed by atoms with E-state index in [9.17, 15) is 4.79 Å². The molecule has 0 bridgehead atoms. The van der Waals surface area contributed by atoms with Gasteiger partial charge in [-0.2, -0.15) is 5.10 Å². The van der Waals surface area contributed by atoms with E-state index >= 15 is 0 Å². The van der Waals surface area contributed by atoms with Crippen LogP contribution in [-0.2, 0) is 0 Å². The zero-order chi connectivity index (χ0) is 16.5.